The van der Waals surface area contributed by atoms with E-state index >= 15 is 0 Å². The van der Waals surface area contributed by atoms with Crippen LogP contribution in [0.3, 0.4) is 0 Å². The zero-order valence-corrected chi connectivity index (χ0v) is 20.7. The standard InChI is InChI=1S/C19H39N3O2S.HI/c1-7-20-18(21-15-19(3,4)12-13-25(6,23)24)22(5)14-17-10-8-16(2)9-11-17;/h16-17H,7-15H2,1-6H3,(H,20,21);1H. The average molecular weight is 502 g/mol. The smallest absolute Gasteiger partial charge is 0.193 e. The number of halogens is 1. The van der Waals surface area contributed by atoms with Crippen LogP contribution in [0.15, 0.2) is 4.99 Å². The van der Waals surface area contributed by atoms with Gasteiger partial charge in [-0.25, -0.2) is 8.42 Å². The summed E-state index contributed by atoms with van der Waals surface area (Å²) in [4.78, 5) is 7.05. The van der Waals surface area contributed by atoms with E-state index in [1.807, 2.05) is 0 Å². The van der Waals surface area contributed by atoms with E-state index in [0.29, 0.717) is 13.0 Å². The van der Waals surface area contributed by atoms with E-state index in [4.69, 9.17) is 4.99 Å². The predicted molar refractivity (Wildman–Crippen MR) is 123 cm³/mol. The largest absolute Gasteiger partial charge is 0.357 e. The van der Waals surface area contributed by atoms with Crippen molar-refractivity contribution < 1.29 is 8.42 Å². The minimum atomic E-state index is -2.92. The number of rotatable bonds is 8. The van der Waals surface area contributed by atoms with Gasteiger partial charge in [-0.3, -0.25) is 4.99 Å². The van der Waals surface area contributed by atoms with Gasteiger partial charge in [0.2, 0.25) is 0 Å². The third kappa shape index (κ3) is 10.9. The number of nitrogens with zero attached hydrogens (tertiary/aromatic N) is 2. The Labute approximate surface area is 178 Å². The normalized spacial score (nSPS) is 21.8. The number of nitrogens with one attached hydrogen (secondary N) is 1. The molecule has 1 fully saturated rings. The van der Waals surface area contributed by atoms with Gasteiger partial charge >= 0.3 is 0 Å². The summed E-state index contributed by atoms with van der Waals surface area (Å²) >= 11 is 0. The number of aliphatic imine (C=N–C) groups is 1. The molecule has 0 atom stereocenters. The van der Waals surface area contributed by atoms with Gasteiger partial charge in [0.15, 0.2) is 5.96 Å². The van der Waals surface area contributed by atoms with E-state index in [1.165, 1.54) is 31.9 Å². The molecule has 26 heavy (non-hydrogen) atoms. The van der Waals surface area contributed by atoms with Crippen molar-refractivity contribution in [3.05, 3.63) is 0 Å². The molecule has 0 aromatic heterocycles. The zero-order valence-electron chi connectivity index (χ0n) is 17.5. The SMILES string of the molecule is CCNC(=NCC(C)(C)CCS(C)(=O)=O)N(C)CC1CCC(C)CC1.I. The van der Waals surface area contributed by atoms with Crippen LogP contribution in [0.5, 0.6) is 0 Å². The van der Waals surface area contributed by atoms with Crippen LogP contribution in [0, 0.1) is 17.3 Å². The molecule has 0 aromatic carbocycles. The van der Waals surface area contributed by atoms with E-state index < -0.39 is 9.84 Å². The molecule has 1 rings (SSSR count). The van der Waals surface area contributed by atoms with E-state index in [1.54, 1.807) is 0 Å². The molecule has 0 radical (unpaired) electrons. The van der Waals surface area contributed by atoms with Crippen molar-refractivity contribution in [2.45, 2.75) is 59.8 Å². The van der Waals surface area contributed by atoms with Crippen molar-refractivity contribution in [2.24, 2.45) is 22.2 Å². The summed E-state index contributed by atoms with van der Waals surface area (Å²) in [5.41, 5.74) is -0.120. The molecule has 0 aromatic rings. The van der Waals surface area contributed by atoms with Crippen molar-refractivity contribution >= 4 is 39.8 Å². The predicted octanol–water partition coefficient (Wildman–Crippen LogP) is 3.79. The monoisotopic (exact) mass is 501 g/mol. The van der Waals surface area contributed by atoms with Gasteiger partial charge in [-0.1, -0.05) is 33.6 Å². The summed E-state index contributed by atoms with van der Waals surface area (Å²) in [6.07, 6.45) is 7.24. The van der Waals surface area contributed by atoms with E-state index in [2.05, 4.69) is 45.0 Å². The van der Waals surface area contributed by atoms with Gasteiger partial charge < -0.3 is 10.2 Å². The van der Waals surface area contributed by atoms with Crippen molar-refractivity contribution in [3.8, 4) is 0 Å². The Morgan fingerprint density at radius 2 is 1.81 bits per heavy atom. The maximum Gasteiger partial charge on any atom is 0.193 e. The first kappa shape index (κ1) is 26.0. The molecule has 156 valence electrons. The molecule has 0 heterocycles. The molecular weight excluding hydrogens is 461 g/mol. The lowest BCUT2D eigenvalue weighted by Gasteiger charge is -2.32. The maximum atomic E-state index is 11.4. The van der Waals surface area contributed by atoms with Gasteiger partial charge in [0.1, 0.15) is 9.84 Å². The molecular formula is C19H40IN3O2S. The summed E-state index contributed by atoms with van der Waals surface area (Å²) < 4.78 is 22.8. The van der Waals surface area contributed by atoms with Crippen LogP contribution in [-0.2, 0) is 9.84 Å². The molecule has 0 unspecified atom stereocenters. The lowest BCUT2D eigenvalue weighted by Crippen LogP contribution is -2.42. The minimum Gasteiger partial charge on any atom is -0.357 e. The molecule has 0 bridgehead atoms. The molecule has 5 nitrogen and oxygen atoms in total. The Morgan fingerprint density at radius 3 is 2.31 bits per heavy atom. The highest BCUT2D eigenvalue weighted by Gasteiger charge is 2.23. The molecule has 1 saturated carbocycles. The highest BCUT2D eigenvalue weighted by molar-refractivity contribution is 14.0. The number of guanidine groups is 1. The molecule has 1 aliphatic carbocycles. The Balaban J connectivity index is 0.00000625. The fraction of sp³-hybridized carbons (Fsp3) is 0.947. The van der Waals surface area contributed by atoms with E-state index in [9.17, 15) is 8.42 Å². The Morgan fingerprint density at radius 1 is 1.23 bits per heavy atom. The van der Waals surface area contributed by atoms with Gasteiger partial charge in [-0.2, -0.15) is 0 Å². The number of sulfone groups is 1. The lowest BCUT2D eigenvalue weighted by atomic mass is 9.83. The molecule has 0 spiro atoms. The second-order valence-electron chi connectivity index (χ2n) is 8.72. The van der Waals surface area contributed by atoms with Crippen LogP contribution in [0.2, 0.25) is 0 Å². The summed E-state index contributed by atoms with van der Waals surface area (Å²) in [6, 6.07) is 0. The van der Waals surface area contributed by atoms with Crippen molar-refractivity contribution in [2.75, 3.05) is 38.7 Å². The van der Waals surface area contributed by atoms with Crippen molar-refractivity contribution in [1.29, 1.82) is 0 Å². The van der Waals surface area contributed by atoms with Crippen LogP contribution in [0.25, 0.3) is 0 Å². The summed E-state index contributed by atoms with van der Waals surface area (Å²) in [6.45, 7) is 11.1. The van der Waals surface area contributed by atoms with Gasteiger partial charge in [0.25, 0.3) is 0 Å². The first-order valence-corrected chi connectivity index (χ1v) is 11.8. The first-order valence-electron chi connectivity index (χ1n) is 9.69. The number of hydrogen-bond donors (Lipinski definition) is 1. The lowest BCUT2D eigenvalue weighted by molar-refractivity contribution is 0.249. The minimum absolute atomic E-state index is 0. The Kier molecular flexibility index (Phi) is 11.7. The second kappa shape index (κ2) is 11.7. The fourth-order valence-corrected chi connectivity index (χ4v) is 4.21. The Hall–Kier alpha value is -0.0500. The van der Waals surface area contributed by atoms with Gasteiger partial charge in [-0.05, 0) is 43.4 Å². The Bertz CT molecular complexity index is 527. The highest BCUT2D eigenvalue weighted by Crippen LogP contribution is 2.28. The average Bonchev–Trinajstić information content (AvgIpc) is 2.51. The van der Waals surface area contributed by atoms with Gasteiger partial charge in [-0.15, -0.1) is 24.0 Å². The number of hydrogen-bond acceptors (Lipinski definition) is 3. The molecule has 0 saturated heterocycles. The summed E-state index contributed by atoms with van der Waals surface area (Å²) in [7, 11) is -0.807. The molecule has 7 heteroatoms. The van der Waals surface area contributed by atoms with E-state index in [0.717, 1.165) is 30.9 Å². The van der Waals surface area contributed by atoms with Crippen LogP contribution < -0.4 is 5.32 Å². The third-order valence-corrected chi connectivity index (χ3v) is 6.12. The van der Waals surface area contributed by atoms with Crippen LogP contribution in [0.4, 0.5) is 0 Å². The first-order chi connectivity index (χ1) is 11.5. The molecule has 0 amide bonds. The maximum absolute atomic E-state index is 11.4. The van der Waals surface area contributed by atoms with Crippen LogP contribution >= 0.6 is 24.0 Å². The van der Waals surface area contributed by atoms with Crippen LogP contribution in [-0.4, -0.2) is 58.0 Å². The van der Waals surface area contributed by atoms with Crippen molar-refractivity contribution in [1.82, 2.24) is 10.2 Å². The topological polar surface area (TPSA) is 61.8 Å². The summed E-state index contributed by atoms with van der Waals surface area (Å²) in [5.74, 6) is 2.79. The molecule has 1 aliphatic rings. The quantitative estimate of drug-likeness (QED) is 0.312. The summed E-state index contributed by atoms with van der Waals surface area (Å²) in [5, 5.41) is 3.38. The second-order valence-corrected chi connectivity index (χ2v) is 11.0. The van der Waals surface area contributed by atoms with Crippen molar-refractivity contribution in [3.63, 3.8) is 0 Å². The van der Waals surface area contributed by atoms with Gasteiger partial charge in [0, 0.05) is 32.9 Å². The van der Waals surface area contributed by atoms with Gasteiger partial charge in [0.05, 0.1) is 5.75 Å². The molecule has 1 N–H and O–H groups in total. The molecule has 0 aliphatic heterocycles. The highest BCUT2D eigenvalue weighted by atomic mass is 127. The van der Waals surface area contributed by atoms with Crippen LogP contribution in [0.1, 0.15) is 59.8 Å². The van der Waals surface area contributed by atoms with E-state index in [-0.39, 0.29) is 35.1 Å². The zero-order chi connectivity index (χ0) is 19.1. The third-order valence-electron chi connectivity index (χ3n) is 5.17. The fourth-order valence-electron chi connectivity index (χ4n) is 3.28.